The quantitative estimate of drug-likeness (QED) is 0.696. The third-order valence-corrected chi connectivity index (χ3v) is 1.97. The Labute approximate surface area is 83.8 Å². The number of benzene rings is 1. The van der Waals surface area contributed by atoms with E-state index < -0.39 is 0 Å². The van der Waals surface area contributed by atoms with E-state index in [-0.39, 0.29) is 0 Å². The molecular weight excluding hydrogens is 174 g/mol. The van der Waals surface area contributed by atoms with Crippen molar-refractivity contribution in [1.29, 1.82) is 5.26 Å². The third kappa shape index (κ3) is 2.27. The maximum absolute atomic E-state index is 8.41. The van der Waals surface area contributed by atoms with Crippen molar-refractivity contribution in [2.45, 2.75) is 13.8 Å². The van der Waals surface area contributed by atoms with Crippen LogP contribution in [0.4, 0.5) is 5.69 Å². The number of nitrogens with one attached hydrogen (secondary N) is 1. The third-order valence-electron chi connectivity index (χ3n) is 1.97. The van der Waals surface area contributed by atoms with Gasteiger partial charge in [-0.25, -0.2) is 0 Å². The molecule has 1 rings (SSSR count). The van der Waals surface area contributed by atoms with E-state index in [4.69, 9.17) is 11.0 Å². The summed E-state index contributed by atoms with van der Waals surface area (Å²) in [6.45, 7) is 3.99. The Hall–Kier alpha value is -1.95. The molecule has 3 N–H and O–H groups in total. The van der Waals surface area contributed by atoms with Crippen molar-refractivity contribution in [2.24, 2.45) is 5.73 Å². The monoisotopic (exact) mass is 187 g/mol. The van der Waals surface area contributed by atoms with E-state index in [9.17, 15) is 0 Å². The first-order valence-electron chi connectivity index (χ1n) is 4.33. The van der Waals surface area contributed by atoms with Crippen LogP contribution in [0.15, 0.2) is 30.1 Å². The molecule has 0 aliphatic carbocycles. The van der Waals surface area contributed by atoms with Gasteiger partial charge in [-0.05, 0) is 25.0 Å². The first kappa shape index (κ1) is 10.1. The lowest BCUT2D eigenvalue weighted by Gasteiger charge is -2.11. The summed E-state index contributed by atoms with van der Waals surface area (Å²) in [4.78, 5) is 0. The predicted octanol–water partition coefficient (Wildman–Crippen LogP) is 2.04. The number of hydrogen-bond acceptors (Lipinski definition) is 3. The minimum atomic E-state index is 0.366. The SMILES string of the molecule is Cc1cccc(C)c1N/C(N)=C/C#N. The van der Waals surface area contributed by atoms with E-state index >= 15 is 0 Å². The minimum absolute atomic E-state index is 0.366. The average molecular weight is 187 g/mol. The fourth-order valence-electron chi connectivity index (χ4n) is 1.26. The molecular formula is C11H13N3. The molecule has 0 saturated heterocycles. The number of nitrogens with zero attached hydrogens (tertiary/aromatic N) is 1. The van der Waals surface area contributed by atoms with Crippen LogP contribution >= 0.6 is 0 Å². The summed E-state index contributed by atoms with van der Waals surface area (Å²) in [5.41, 5.74) is 8.77. The Morgan fingerprint density at radius 2 is 2.00 bits per heavy atom. The number of nitrogens with two attached hydrogens (primary N) is 1. The molecule has 0 unspecified atom stereocenters. The van der Waals surface area contributed by atoms with Gasteiger partial charge in [-0.15, -0.1) is 0 Å². The second kappa shape index (κ2) is 4.33. The molecule has 1 aromatic carbocycles. The van der Waals surface area contributed by atoms with Crippen molar-refractivity contribution in [3.05, 3.63) is 41.2 Å². The lowest BCUT2D eigenvalue weighted by molar-refractivity contribution is 1.26. The zero-order chi connectivity index (χ0) is 10.6. The average Bonchev–Trinajstić information content (AvgIpc) is 2.12. The zero-order valence-corrected chi connectivity index (χ0v) is 8.33. The lowest BCUT2D eigenvalue weighted by atomic mass is 10.1. The van der Waals surface area contributed by atoms with Gasteiger partial charge in [0.05, 0.1) is 12.1 Å². The zero-order valence-electron chi connectivity index (χ0n) is 8.33. The van der Waals surface area contributed by atoms with Crippen molar-refractivity contribution in [2.75, 3.05) is 5.32 Å². The fraction of sp³-hybridized carbons (Fsp3) is 0.182. The number of para-hydroxylation sites is 1. The van der Waals surface area contributed by atoms with Gasteiger partial charge >= 0.3 is 0 Å². The number of anilines is 1. The van der Waals surface area contributed by atoms with Crippen molar-refractivity contribution in [1.82, 2.24) is 0 Å². The predicted molar refractivity (Wildman–Crippen MR) is 57.4 cm³/mol. The number of rotatable bonds is 2. The van der Waals surface area contributed by atoms with Crippen LogP contribution in [0.2, 0.25) is 0 Å². The van der Waals surface area contributed by atoms with Crippen LogP contribution in [0, 0.1) is 25.2 Å². The smallest absolute Gasteiger partial charge is 0.111 e. The van der Waals surface area contributed by atoms with Crippen LogP contribution in [0.5, 0.6) is 0 Å². The van der Waals surface area contributed by atoms with Crippen molar-refractivity contribution >= 4 is 5.69 Å². The van der Waals surface area contributed by atoms with E-state index in [0.717, 1.165) is 16.8 Å². The molecule has 0 amide bonds. The summed E-state index contributed by atoms with van der Waals surface area (Å²) in [6, 6.07) is 7.85. The first-order chi connectivity index (χ1) is 6.65. The van der Waals surface area contributed by atoms with Gasteiger partial charge in [0, 0.05) is 5.69 Å². The number of allylic oxidation sites excluding steroid dienone is 1. The van der Waals surface area contributed by atoms with Gasteiger partial charge in [-0.3, -0.25) is 0 Å². The molecule has 0 radical (unpaired) electrons. The van der Waals surface area contributed by atoms with Crippen LogP contribution in [0.1, 0.15) is 11.1 Å². The van der Waals surface area contributed by atoms with Gasteiger partial charge in [-0.2, -0.15) is 5.26 Å². The molecule has 1 aromatic rings. The van der Waals surface area contributed by atoms with Crippen LogP contribution in [0.25, 0.3) is 0 Å². The highest BCUT2D eigenvalue weighted by molar-refractivity contribution is 5.59. The molecule has 0 aliphatic heterocycles. The Kier molecular flexibility index (Phi) is 3.14. The molecule has 0 bridgehead atoms. The fourth-order valence-corrected chi connectivity index (χ4v) is 1.26. The summed E-state index contributed by atoms with van der Waals surface area (Å²) in [5, 5.41) is 11.4. The Morgan fingerprint density at radius 1 is 1.43 bits per heavy atom. The summed E-state index contributed by atoms with van der Waals surface area (Å²) in [7, 11) is 0. The molecule has 0 atom stereocenters. The highest BCUT2D eigenvalue weighted by Gasteiger charge is 2.01. The molecule has 0 fully saturated rings. The first-order valence-corrected chi connectivity index (χ1v) is 4.33. The summed E-state index contributed by atoms with van der Waals surface area (Å²) in [5.74, 6) is 0.366. The molecule has 3 heteroatoms. The molecule has 3 nitrogen and oxygen atoms in total. The topological polar surface area (TPSA) is 61.8 Å². The molecule has 0 aliphatic rings. The van der Waals surface area contributed by atoms with Crippen LogP contribution in [-0.4, -0.2) is 0 Å². The molecule has 0 heterocycles. The molecule has 0 saturated carbocycles. The Balaban J connectivity index is 2.98. The minimum Gasteiger partial charge on any atom is -0.385 e. The standard InChI is InChI=1S/C11H13N3/c1-8-4-3-5-9(2)11(8)14-10(13)6-7-12/h3-6,14H,13H2,1-2H3/b10-6+. The highest BCUT2D eigenvalue weighted by atomic mass is 15.0. The second-order valence-corrected chi connectivity index (χ2v) is 3.12. The number of hydrogen-bond donors (Lipinski definition) is 2. The Bertz CT molecular complexity index is 379. The van der Waals surface area contributed by atoms with Gasteiger partial charge in [0.15, 0.2) is 0 Å². The van der Waals surface area contributed by atoms with E-state index in [0.29, 0.717) is 5.82 Å². The van der Waals surface area contributed by atoms with Crippen molar-refractivity contribution < 1.29 is 0 Å². The van der Waals surface area contributed by atoms with Gasteiger partial charge < -0.3 is 11.1 Å². The summed E-state index contributed by atoms with van der Waals surface area (Å²) >= 11 is 0. The van der Waals surface area contributed by atoms with Gasteiger partial charge in [0.2, 0.25) is 0 Å². The Morgan fingerprint density at radius 3 is 2.50 bits per heavy atom. The number of aryl methyl sites for hydroxylation is 2. The van der Waals surface area contributed by atoms with Gasteiger partial charge in [-0.1, -0.05) is 18.2 Å². The maximum atomic E-state index is 8.41. The van der Waals surface area contributed by atoms with Gasteiger partial charge in [0.1, 0.15) is 5.82 Å². The van der Waals surface area contributed by atoms with Crippen LogP contribution < -0.4 is 11.1 Å². The summed E-state index contributed by atoms with van der Waals surface area (Å²) < 4.78 is 0. The highest BCUT2D eigenvalue weighted by Crippen LogP contribution is 2.19. The van der Waals surface area contributed by atoms with Crippen LogP contribution in [0.3, 0.4) is 0 Å². The van der Waals surface area contributed by atoms with E-state index in [1.807, 2.05) is 38.1 Å². The van der Waals surface area contributed by atoms with Gasteiger partial charge in [0.25, 0.3) is 0 Å². The largest absolute Gasteiger partial charge is 0.385 e. The van der Waals surface area contributed by atoms with Crippen molar-refractivity contribution in [3.8, 4) is 6.07 Å². The van der Waals surface area contributed by atoms with Crippen molar-refractivity contribution in [3.63, 3.8) is 0 Å². The van der Waals surface area contributed by atoms with E-state index in [1.165, 1.54) is 6.08 Å². The van der Waals surface area contributed by atoms with E-state index in [2.05, 4.69) is 5.32 Å². The molecule has 0 aromatic heterocycles. The lowest BCUT2D eigenvalue weighted by Crippen LogP contribution is -2.10. The second-order valence-electron chi connectivity index (χ2n) is 3.12. The normalized spacial score (nSPS) is 10.8. The number of nitriles is 1. The maximum Gasteiger partial charge on any atom is 0.111 e. The molecule has 14 heavy (non-hydrogen) atoms. The van der Waals surface area contributed by atoms with Crippen LogP contribution in [-0.2, 0) is 0 Å². The molecule has 0 spiro atoms. The molecule has 72 valence electrons. The van der Waals surface area contributed by atoms with E-state index in [1.54, 1.807) is 0 Å². The summed E-state index contributed by atoms with van der Waals surface area (Å²) in [6.07, 6.45) is 1.28.